The molecule has 2 heterocycles. The van der Waals surface area contributed by atoms with E-state index < -0.39 is 27.0 Å². The maximum Gasteiger partial charge on any atom is 0.433 e. The molecule has 0 aliphatic heterocycles. The summed E-state index contributed by atoms with van der Waals surface area (Å²) in [6.45, 7) is -0.253. The Morgan fingerprint density at radius 2 is 1.63 bits per heavy atom. The fourth-order valence-electron chi connectivity index (χ4n) is 2.14. The molecule has 0 amide bonds. The van der Waals surface area contributed by atoms with Crippen molar-refractivity contribution < 1.29 is 32.6 Å². The molecule has 148 valence electrons. The van der Waals surface area contributed by atoms with Crippen LogP contribution in [0.5, 0.6) is 0 Å². The second-order valence-corrected chi connectivity index (χ2v) is 7.87. The van der Waals surface area contributed by atoms with Crippen molar-refractivity contribution in [2.24, 2.45) is 0 Å². The molecule has 0 saturated carbocycles. The number of fused-ring (bicyclic) bond motifs is 1. The Hall–Kier alpha value is -2.64. The SMILES string of the molecule is FC(F)(F)c1cc(NCc2ccc(S(F)(F)(F)(F)F)cc2)n2ncnc2n1. The molecule has 1 aromatic carbocycles. The standard InChI is InChI=1S/C13H9F8N5S/c14-13(15,16)10-5-11(26-12(25-10)23-7-24-26)22-6-8-1-3-9(4-2-8)27(17,18,19,20)21/h1-5,7,22H,6H2. The number of benzene rings is 1. The third-order valence-corrected chi connectivity index (χ3v) is 4.55. The average Bonchev–Trinajstić information content (AvgIpc) is 2.98. The van der Waals surface area contributed by atoms with E-state index in [0.717, 1.165) is 23.0 Å². The van der Waals surface area contributed by atoms with Crippen LogP contribution in [-0.4, -0.2) is 19.6 Å². The normalized spacial score (nSPS) is 15.4. The molecular formula is C13H9F8N5S. The van der Waals surface area contributed by atoms with E-state index in [1.165, 1.54) is 0 Å². The number of hydrogen-bond acceptors (Lipinski definition) is 4. The van der Waals surface area contributed by atoms with Crippen molar-refractivity contribution in [2.45, 2.75) is 17.6 Å². The molecule has 3 aromatic rings. The summed E-state index contributed by atoms with van der Waals surface area (Å²) in [5.74, 6) is -0.523. The molecule has 0 fully saturated rings. The van der Waals surface area contributed by atoms with Gasteiger partial charge in [0.05, 0.1) is 0 Å². The summed E-state index contributed by atoms with van der Waals surface area (Å²) in [6, 6.07) is 2.68. The first kappa shape index (κ1) is 19.1. The van der Waals surface area contributed by atoms with Crippen molar-refractivity contribution in [1.29, 1.82) is 0 Å². The largest absolute Gasteiger partial charge is 0.433 e. The van der Waals surface area contributed by atoms with Crippen molar-refractivity contribution in [2.75, 3.05) is 5.32 Å². The van der Waals surface area contributed by atoms with Crippen LogP contribution in [0.25, 0.3) is 5.78 Å². The van der Waals surface area contributed by atoms with Gasteiger partial charge < -0.3 is 5.32 Å². The maximum absolute atomic E-state index is 12.9. The smallest absolute Gasteiger partial charge is 0.366 e. The van der Waals surface area contributed by atoms with Crippen LogP contribution in [0.4, 0.5) is 38.4 Å². The van der Waals surface area contributed by atoms with Gasteiger partial charge in [0.1, 0.15) is 17.0 Å². The third-order valence-electron chi connectivity index (χ3n) is 3.38. The van der Waals surface area contributed by atoms with Crippen LogP contribution in [0.2, 0.25) is 0 Å². The first-order valence-electron chi connectivity index (χ1n) is 6.98. The molecule has 3 rings (SSSR count). The zero-order valence-corrected chi connectivity index (χ0v) is 13.7. The summed E-state index contributed by atoms with van der Waals surface area (Å²) < 4.78 is 103. The number of aromatic nitrogens is 4. The third kappa shape index (κ3) is 4.20. The van der Waals surface area contributed by atoms with Crippen LogP contribution in [0.3, 0.4) is 0 Å². The number of nitrogens with zero attached hydrogens (tertiary/aromatic N) is 4. The molecule has 0 radical (unpaired) electrons. The molecule has 14 heteroatoms. The number of alkyl halides is 3. The van der Waals surface area contributed by atoms with Crippen molar-refractivity contribution >= 4 is 21.8 Å². The fourth-order valence-corrected chi connectivity index (χ4v) is 2.79. The summed E-state index contributed by atoms with van der Waals surface area (Å²) in [5, 5.41) is 6.23. The fraction of sp³-hybridized carbons (Fsp3) is 0.154. The van der Waals surface area contributed by atoms with E-state index in [9.17, 15) is 32.6 Å². The molecule has 2 aromatic heterocycles. The highest BCUT2D eigenvalue weighted by molar-refractivity contribution is 8.45. The van der Waals surface area contributed by atoms with Crippen LogP contribution in [0.1, 0.15) is 11.3 Å². The summed E-state index contributed by atoms with van der Waals surface area (Å²) in [6.07, 6.45) is -3.79. The second-order valence-electron chi connectivity index (χ2n) is 5.46. The molecule has 0 unspecified atom stereocenters. The average molecular weight is 419 g/mol. The van der Waals surface area contributed by atoms with Gasteiger partial charge in [0.2, 0.25) is 0 Å². The van der Waals surface area contributed by atoms with Gasteiger partial charge in [-0.1, -0.05) is 31.6 Å². The predicted molar refractivity (Wildman–Crippen MR) is 80.9 cm³/mol. The van der Waals surface area contributed by atoms with Gasteiger partial charge in [0, 0.05) is 12.6 Å². The molecule has 0 saturated heterocycles. The van der Waals surface area contributed by atoms with Gasteiger partial charge in [0.25, 0.3) is 5.78 Å². The second kappa shape index (κ2) is 5.21. The number of anilines is 1. The van der Waals surface area contributed by atoms with Crippen LogP contribution in [-0.2, 0) is 12.7 Å². The molecule has 1 N–H and O–H groups in total. The van der Waals surface area contributed by atoms with E-state index in [-0.39, 0.29) is 35.8 Å². The van der Waals surface area contributed by atoms with Crippen molar-refractivity contribution in [1.82, 2.24) is 19.6 Å². The number of hydrogen-bond donors (Lipinski definition) is 1. The van der Waals surface area contributed by atoms with Crippen LogP contribution < -0.4 is 5.32 Å². The van der Waals surface area contributed by atoms with Gasteiger partial charge >= 0.3 is 16.4 Å². The number of rotatable bonds is 4. The lowest BCUT2D eigenvalue weighted by atomic mass is 10.2. The maximum atomic E-state index is 12.9. The molecule has 0 aliphatic rings. The van der Waals surface area contributed by atoms with E-state index in [0.29, 0.717) is 6.07 Å². The number of halogens is 8. The first-order chi connectivity index (χ1) is 12.1. The highest BCUT2D eigenvalue weighted by Gasteiger charge is 2.65. The highest BCUT2D eigenvalue weighted by Crippen LogP contribution is 3.02. The summed E-state index contributed by atoms with van der Waals surface area (Å²) in [4.78, 5) is 4.80. The van der Waals surface area contributed by atoms with Crippen molar-refractivity contribution in [3.05, 3.63) is 47.9 Å². The van der Waals surface area contributed by atoms with Gasteiger partial charge in [-0.15, -0.1) is 0 Å². The molecule has 0 spiro atoms. The van der Waals surface area contributed by atoms with Gasteiger partial charge in [-0.2, -0.15) is 27.8 Å². The Morgan fingerprint density at radius 3 is 2.19 bits per heavy atom. The summed E-state index contributed by atoms with van der Waals surface area (Å²) in [7, 11) is -9.78. The zero-order valence-electron chi connectivity index (χ0n) is 12.9. The number of nitrogens with one attached hydrogen (secondary N) is 1. The quantitative estimate of drug-likeness (QED) is 0.575. The summed E-state index contributed by atoms with van der Waals surface area (Å²) in [5.41, 5.74) is -1.12. The Labute approximate surface area is 145 Å². The molecular weight excluding hydrogens is 410 g/mol. The van der Waals surface area contributed by atoms with Crippen LogP contribution >= 0.6 is 10.2 Å². The topological polar surface area (TPSA) is 55.1 Å². The Balaban J connectivity index is 1.86. The first-order valence-corrected chi connectivity index (χ1v) is 8.93. The molecule has 27 heavy (non-hydrogen) atoms. The van der Waals surface area contributed by atoms with Gasteiger partial charge in [-0.3, -0.25) is 0 Å². The Kier molecular flexibility index (Phi) is 3.69. The zero-order chi connectivity index (χ0) is 20.2. The lowest BCUT2D eigenvalue weighted by Crippen LogP contribution is -2.13. The van der Waals surface area contributed by atoms with Gasteiger partial charge in [0.15, 0.2) is 5.69 Å². The van der Waals surface area contributed by atoms with Crippen molar-refractivity contribution in [3.8, 4) is 0 Å². The van der Waals surface area contributed by atoms with E-state index in [1.54, 1.807) is 0 Å². The molecule has 5 nitrogen and oxygen atoms in total. The highest BCUT2D eigenvalue weighted by atomic mass is 32.5. The minimum atomic E-state index is -9.78. The van der Waals surface area contributed by atoms with E-state index in [4.69, 9.17) is 0 Å². The lowest BCUT2D eigenvalue weighted by Gasteiger charge is -2.40. The lowest BCUT2D eigenvalue weighted by molar-refractivity contribution is -0.141. The van der Waals surface area contributed by atoms with E-state index in [1.807, 2.05) is 0 Å². The van der Waals surface area contributed by atoms with Gasteiger partial charge in [-0.25, -0.2) is 4.98 Å². The van der Waals surface area contributed by atoms with Crippen LogP contribution in [0, 0.1) is 0 Å². The monoisotopic (exact) mass is 419 g/mol. The predicted octanol–water partition coefficient (Wildman–Crippen LogP) is 5.41. The minimum Gasteiger partial charge on any atom is -0.366 e. The van der Waals surface area contributed by atoms with E-state index >= 15 is 0 Å². The Morgan fingerprint density at radius 1 is 1.00 bits per heavy atom. The van der Waals surface area contributed by atoms with Gasteiger partial charge in [-0.05, 0) is 17.7 Å². The molecule has 0 atom stereocenters. The summed E-state index contributed by atoms with van der Waals surface area (Å²) >= 11 is 0. The van der Waals surface area contributed by atoms with E-state index in [2.05, 4.69) is 20.4 Å². The van der Waals surface area contributed by atoms with Crippen LogP contribution in [0.15, 0.2) is 41.6 Å². The minimum absolute atomic E-state index is 0.124. The molecule has 0 bridgehead atoms. The van der Waals surface area contributed by atoms with Crippen molar-refractivity contribution in [3.63, 3.8) is 0 Å². The molecule has 0 aliphatic carbocycles. The Bertz CT molecular complexity index is 995.